The Balaban J connectivity index is 0. The van der Waals surface area contributed by atoms with E-state index in [4.69, 9.17) is 4.74 Å². The first-order valence-corrected chi connectivity index (χ1v) is 2.78. The molecule has 0 rings (SSSR count). The van der Waals surface area contributed by atoms with Crippen LogP contribution in [-0.2, 0) is 4.74 Å². The predicted octanol–water partition coefficient (Wildman–Crippen LogP) is 1.44. The third-order valence-corrected chi connectivity index (χ3v) is 0.544. The second-order valence-corrected chi connectivity index (χ2v) is 2.23. The van der Waals surface area contributed by atoms with Crippen molar-refractivity contribution in [1.82, 2.24) is 0 Å². The van der Waals surface area contributed by atoms with Crippen molar-refractivity contribution in [3.8, 4) is 0 Å². The van der Waals surface area contributed by atoms with E-state index >= 15 is 0 Å². The summed E-state index contributed by atoms with van der Waals surface area (Å²) in [6.07, 6.45) is 0.750. The Morgan fingerprint density at radius 1 is 0.875 bits per heavy atom. The van der Waals surface area contributed by atoms with Gasteiger partial charge in [-0.2, -0.15) is 0 Å². The van der Waals surface area contributed by atoms with Crippen LogP contribution in [0.2, 0.25) is 0 Å². The molecule has 0 saturated heterocycles. The van der Waals surface area contributed by atoms with Crippen molar-refractivity contribution >= 4 is 27.3 Å². The van der Waals surface area contributed by atoms with Crippen LogP contribution in [0.5, 0.6) is 0 Å². The Bertz CT molecular complexity index is 37.8. The molecule has 0 aromatic heterocycles. The minimum Gasteiger partial charge on any atom is -0.376 e. The van der Waals surface area contributed by atoms with Crippen LogP contribution in [0.1, 0.15) is 27.7 Å². The minimum absolute atomic E-state index is 0. The summed E-state index contributed by atoms with van der Waals surface area (Å²) in [7, 11) is 0. The van der Waals surface area contributed by atoms with Crippen LogP contribution in [0, 0.1) is 0 Å². The van der Waals surface area contributed by atoms with Gasteiger partial charge in [0.15, 0.2) is 0 Å². The third-order valence-electron chi connectivity index (χ3n) is 0.544. The first-order chi connectivity index (χ1) is 3.13. The van der Waals surface area contributed by atoms with Gasteiger partial charge in [-0.15, -0.1) is 0 Å². The number of ether oxygens (including phenoxy) is 1. The van der Waals surface area contributed by atoms with Crippen LogP contribution in [0.25, 0.3) is 0 Å². The van der Waals surface area contributed by atoms with E-state index in [0.29, 0.717) is 12.2 Å². The summed E-state index contributed by atoms with van der Waals surface area (Å²) in [5.41, 5.74) is 0. The Hall–Kier alpha value is 0.882. The van der Waals surface area contributed by atoms with E-state index in [1.54, 1.807) is 0 Å². The predicted molar refractivity (Wildman–Crippen MR) is 37.1 cm³/mol. The molecular weight excluding hydrogens is 295 g/mol. The van der Waals surface area contributed by atoms with Gasteiger partial charge in [-0.05, 0) is 27.7 Å². The molecule has 0 unspecified atom stereocenters. The Labute approximate surface area is 72.0 Å². The molecule has 0 aliphatic heterocycles. The molecule has 0 saturated carbocycles. The molecule has 1 nitrogen and oxygen atoms in total. The van der Waals surface area contributed by atoms with Crippen LogP contribution in [-0.4, -0.2) is 39.5 Å². The number of hydrogen-bond donors (Lipinski definition) is 0. The van der Waals surface area contributed by atoms with Crippen LogP contribution in [0.3, 0.4) is 0 Å². The molecule has 4 radical (unpaired) electrons. The van der Waals surface area contributed by atoms with Gasteiger partial charge in [-0.25, -0.2) is 0 Å². The first kappa shape index (κ1) is 11.7. The molecule has 48 valence electrons. The summed E-state index contributed by atoms with van der Waals surface area (Å²) in [6, 6.07) is 0. The van der Waals surface area contributed by atoms with E-state index in [1.165, 1.54) is 0 Å². The topological polar surface area (TPSA) is 9.23 Å². The maximum atomic E-state index is 5.25. The number of rotatable bonds is 2. The summed E-state index contributed by atoms with van der Waals surface area (Å²) in [5.74, 6) is 0. The fourth-order valence-electron chi connectivity index (χ4n) is 0.544. The summed E-state index contributed by atoms with van der Waals surface area (Å²) in [4.78, 5) is 0. The van der Waals surface area contributed by atoms with E-state index in [-0.39, 0.29) is 27.3 Å². The van der Waals surface area contributed by atoms with E-state index in [1.807, 2.05) is 27.7 Å². The van der Waals surface area contributed by atoms with Crippen molar-refractivity contribution in [1.29, 1.82) is 0 Å². The molecule has 0 aromatic carbocycles. The second kappa shape index (κ2) is 6.01. The summed E-state index contributed by atoms with van der Waals surface area (Å²) in [6.45, 7) is 8.17. The average Bonchev–Trinajstić information content (AvgIpc) is 1.27. The SMILES string of the molecule is CC(C)OC(C)C.[Pb]. The zero-order chi connectivity index (χ0) is 5.86. The van der Waals surface area contributed by atoms with Gasteiger partial charge in [0, 0.05) is 27.3 Å². The summed E-state index contributed by atoms with van der Waals surface area (Å²) < 4.78 is 5.25. The molecule has 0 N–H and O–H groups in total. The Morgan fingerprint density at radius 3 is 1.12 bits per heavy atom. The second-order valence-electron chi connectivity index (χ2n) is 2.23. The Kier molecular flexibility index (Phi) is 8.75. The van der Waals surface area contributed by atoms with E-state index in [0.717, 1.165) is 0 Å². The van der Waals surface area contributed by atoms with Gasteiger partial charge < -0.3 is 4.74 Å². The van der Waals surface area contributed by atoms with E-state index in [9.17, 15) is 0 Å². The molecule has 0 aliphatic carbocycles. The molecular formula is C6H14OPb. The van der Waals surface area contributed by atoms with Gasteiger partial charge in [0.2, 0.25) is 0 Å². The van der Waals surface area contributed by atoms with Crippen LogP contribution in [0.4, 0.5) is 0 Å². The summed E-state index contributed by atoms with van der Waals surface area (Å²) in [5, 5.41) is 0. The van der Waals surface area contributed by atoms with Crippen LogP contribution >= 0.6 is 0 Å². The maximum Gasteiger partial charge on any atom is 0.0522 e. The molecule has 0 heterocycles. The molecule has 0 atom stereocenters. The fraction of sp³-hybridized carbons (Fsp3) is 1.00. The van der Waals surface area contributed by atoms with Crippen molar-refractivity contribution in [2.75, 3.05) is 0 Å². The van der Waals surface area contributed by atoms with E-state index in [2.05, 4.69) is 0 Å². The fourth-order valence-corrected chi connectivity index (χ4v) is 0.544. The number of hydrogen-bond acceptors (Lipinski definition) is 1. The van der Waals surface area contributed by atoms with Gasteiger partial charge in [-0.1, -0.05) is 0 Å². The third kappa shape index (κ3) is 9.99. The van der Waals surface area contributed by atoms with Crippen LogP contribution in [0.15, 0.2) is 0 Å². The largest absolute Gasteiger partial charge is 0.376 e. The first-order valence-electron chi connectivity index (χ1n) is 2.78. The van der Waals surface area contributed by atoms with Gasteiger partial charge in [0.05, 0.1) is 12.2 Å². The smallest absolute Gasteiger partial charge is 0.0522 e. The summed E-state index contributed by atoms with van der Waals surface area (Å²) >= 11 is 0. The monoisotopic (exact) mass is 310 g/mol. The van der Waals surface area contributed by atoms with Gasteiger partial charge in [0.1, 0.15) is 0 Å². The van der Waals surface area contributed by atoms with E-state index < -0.39 is 0 Å². The molecule has 0 aromatic rings. The van der Waals surface area contributed by atoms with Crippen LogP contribution < -0.4 is 0 Å². The molecule has 0 spiro atoms. The molecule has 0 fully saturated rings. The molecule has 8 heavy (non-hydrogen) atoms. The van der Waals surface area contributed by atoms with Crippen molar-refractivity contribution < 1.29 is 4.74 Å². The maximum absolute atomic E-state index is 5.25. The van der Waals surface area contributed by atoms with Crippen molar-refractivity contribution in [3.05, 3.63) is 0 Å². The van der Waals surface area contributed by atoms with Gasteiger partial charge >= 0.3 is 0 Å². The molecule has 0 aliphatic rings. The van der Waals surface area contributed by atoms with Crippen molar-refractivity contribution in [2.45, 2.75) is 39.9 Å². The zero-order valence-corrected chi connectivity index (χ0v) is 9.95. The van der Waals surface area contributed by atoms with Gasteiger partial charge in [0.25, 0.3) is 0 Å². The Morgan fingerprint density at radius 2 is 1.12 bits per heavy atom. The minimum atomic E-state index is 0. The normalized spacial score (nSPS) is 9.75. The molecule has 0 bridgehead atoms. The zero-order valence-electron chi connectivity index (χ0n) is 6.06. The average molecular weight is 309 g/mol. The van der Waals surface area contributed by atoms with Crippen molar-refractivity contribution in [2.24, 2.45) is 0 Å². The molecule has 0 amide bonds. The molecule has 2 heteroatoms. The van der Waals surface area contributed by atoms with Crippen molar-refractivity contribution in [3.63, 3.8) is 0 Å². The van der Waals surface area contributed by atoms with Gasteiger partial charge in [-0.3, -0.25) is 0 Å². The quantitative estimate of drug-likeness (QED) is 0.702. The standard InChI is InChI=1S/C6H14O.Pb/c1-5(2)7-6(3)4;/h5-6H,1-4H3;.